The van der Waals surface area contributed by atoms with E-state index in [1.165, 1.54) is 12.8 Å². The zero-order valence-corrected chi connectivity index (χ0v) is 9.12. The summed E-state index contributed by atoms with van der Waals surface area (Å²) in [5, 5.41) is 0. The smallest absolute Gasteiger partial charge is 0.138 e. The van der Waals surface area contributed by atoms with Crippen LogP contribution in [-0.2, 0) is 4.79 Å². The Labute approximate surface area is 90.0 Å². The van der Waals surface area contributed by atoms with E-state index < -0.39 is 0 Å². The molecule has 0 N–H and O–H groups in total. The minimum atomic E-state index is -0.0713. The fourth-order valence-electron chi connectivity index (χ4n) is 2.09. The molecule has 0 aromatic rings. The molecule has 2 fully saturated rings. The van der Waals surface area contributed by atoms with E-state index in [0.717, 1.165) is 38.5 Å². The average molecular weight is 217 g/mol. The Bertz CT molecular complexity index is 200. The largest absolute Gasteiger partial charge is 0.302 e. The van der Waals surface area contributed by atoms with Gasteiger partial charge in [-0.05, 0) is 12.8 Å². The van der Waals surface area contributed by atoms with Gasteiger partial charge in [0, 0.05) is 38.1 Å². The number of carbonyl (C=O) groups is 1. The Balaban J connectivity index is 1.79. The first kappa shape index (κ1) is 10.4. The maximum atomic E-state index is 10.7. The molecule has 0 spiro atoms. The highest BCUT2D eigenvalue weighted by Gasteiger charge is 2.32. The molecule has 0 radical (unpaired) electrons. The lowest BCUT2D eigenvalue weighted by molar-refractivity contribution is -0.112. The molecule has 0 aromatic heterocycles. The molecule has 1 saturated heterocycles. The molecule has 80 valence electrons. The maximum absolute atomic E-state index is 10.7. The topological polar surface area (TPSA) is 23.6 Å². The van der Waals surface area contributed by atoms with Gasteiger partial charge in [-0.2, -0.15) is 0 Å². The Morgan fingerprint density at radius 1 is 1.29 bits per heavy atom. The van der Waals surface area contributed by atoms with E-state index in [2.05, 4.69) is 9.80 Å². The van der Waals surface area contributed by atoms with Crippen molar-refractivity contribution in [3.8, 4) is 0 Å². The van der Waals surface area contributed by atoms with Crippen LogP contribution in [0.5, 0.6) is 0 Å². The number of aldehydes is 1. The number of hydrogen-bond donors (Lipinski definition) is 0. The molecule has 1 unspecified atom stereocenters. The standard InChI is InChI=1S/C10H17ClN2O/c11-7-10(8-14)13-5-3-12(4-6-13)9-1-2-9/h8-10H,1-7H2. The van der Waals surface area contributed by atoms with E-state index in [0.29, 0.717) is 5.88 Å². The van der Waals surface area contributed by atoms with Gasteiger partial charge < -0.3 is 4.79 Å². The number of piperazine rings is 1. The van der Waals surface area contributed by atoms with Gasteiger partial charge in [0.2, 0.25) is 0 Å². The van der Waals surface area contributed by atoms with Gasteiger partial charge in [0.25, 0.3) is 0 Å². The molecule has 0 aromatic carbocycles. The Morgan fingerprint density at radius 2 is 1.93 bits per heavy atom. The van der Waals surface area contributed by atoms with Crippen molar-refractivity contribution in [2.45, 2.75) is 24.9 Å². The molecule has 0 amide bonds. The Morgan fingerprint density at radius 3 is 2.36 bits per heavy atom. The molecule has 2 rings (SSSR count). The maximum Gasteiger partial charge on any atom is 0.138 e. The SMILES string of the molecule is O=CC(CCl)N1CCN(C2CC2)CC1. The van der Waals surface area contributed by atoms with Crippen LogP contribution in [0.25, 0.3) is 0 Å². The normalized spacial score (nSPS) is 27.5. The van der Waals surface area contributed by atoms with Gasteiger partial charge in [-0.3, -0.25) is 9.80 Å². The molecule has 1 aliphatic heterocycles. The van der Waals surface area contributed by atoms with Gasteiger partial charge in [-0.25, -0.2) is 0 Å². The number of hydrogen-bond acceptors (Lipinski definition) is 3. The van der Waals surface area contributed by atoms with Crippen LogP contribution in [-0.4, -0.2) is 60.2 Å². The van der Waals surface area contributed by atoms with E-state index >= 15 is 0 Å². The number of halogens is 1. The molecule has 1 aliphatic carbocycles. The average Bonchev–Trinajstić information content (AvgIpc) is 3.04. The van der Waals surface area contributed by atoms with Crippen molar-refractivity contribution in [3.05, 3.63) is 0 Å². The minimum absolute atomic E-state index is 0.0713. The van der Waals surface area contributed by atoms with Crippen molar-refractivity contribution >= 4 is 17.9 Å². The number of alkyl halides is 1. The highest BCUT2D eigenvalue weighted by Crippen LogP contribution is 2.27. The van der Waals surface area contributed by atoms with Crippen LogP contribution in [0, 0.1) is 0 Å². The molecule has 1 heterocycles. The summed E-state index contributed by atoms with van der Waals surface area (Å²) in [4.78, 5) is 15.5. The van der Waals surface area contributed by atoms with Gasteiger partial charge in [-0.15, -0.1) is 11.6 Å². The van der Waals surface area contributed by atoms with Crippen molar-refractivity contribution in [2.75, 3.05) is 32.1 Å². The summed E-state index contributed by atoms with van der Waals surface area (Å²) in [7, 11) is 0. The lowest BCUT2D eigenvalue weighted by Gasteiger charge is -2.36. The van der Waals surface area contributed by atoms with Crippen LogP contribution in [0.4, 0.5) is 0 Å². The summed E-state index contributed by atoms with van der Waals surface area (Å²) < 4.78 is 0. The third-order valence-electron chi connectivity index (χ3n) is 3.20. The summed E-state index contributed by atoms with van der Waals surface area (Å²) >= 11 is 5.73. The molecule has 1 atom stereocenters. The van der Waals surface area contributed by atoms with Crippen LogP contribution in [0.15, 0.2) is 0 Å². The van der Waals surface area contributed by atoms with Gasteiger partial charge in [0.05, 0.1) is 6.04 Å². The molecule has 14 heavy (non-hydrogen) atoms. The van der Waals surface area contributed by atoms with E-state index in [4.69, 9.17) is 11.6 Å². The van der Waals surface area contributed by atoms with E-state index in [9.17, 15) is 4.79 Å². The highest BCUT2D eigenvalue weighted by atomic mass is 35.5. The summed E-state index contributed by atoms with van der Waals surface area (Å²) in [6.45, 7) is 4.19. The highest BCUT2D eigenvalue weighted by molar-refractivity contribution is 6.19. The van der Waals surface area contributed by atoms with Gasteiger partial charge >= 0.3 is 0 Å². The summed E-state index contributed by atoms with van der Waals surface area (Å²) in [5.74, 6) is 0.424. The van der Waals surface area contributed by atoms with Gasteiger partial charge in [-0.1, -0.05) is 0 Å². The van der Waals surface area contributed by atoms with Crippen LogP contribution >= 0.6 is 11.6 Å². The van der Waals surface area contributed by atoms with Crippen molar-refractivity contribution < 1.29 is 4.79 Å². The fourth-order valence-corrected chi connectivity index (χ4v) is 2.36. The first-order valence-electron chi connectivity index (χ1n) is 5.34. The predicted octanol–water partition coefficient (Wildman–Crippen LogP) is 0.573. The molecule has 1 saturated carbocycles. The van der Waals surface area contributed by atoms with Crippen LogP contribution in [0.1, 0.15) is 12.8 Å². The minimum Gasteiger partial charge on any atom is -0.302 e. The second-order valence-electron chi connectivity index (χ2n) is 4.16. The molecule has 3 nitrogen and oxygen atoms in total. The van der Waals surface area contributed by atoms with Crippen LogP contribution < -0.4 is 0 Å². The van der Waals surface area contributed by atoms with Gasteiger partial charge in [0.15, 0.2) is 0 Å². The molecule has 2 aliphatic rings. The van der Waals surface area contributed by atoms with Crippen LogP contribution in [0.3, 0.4) is 0 Å². The first-order valence-corrected chi connectivity index (χ1v) is 5.88. The number of rotatable bonds is 4. The third kappa shape index (κ3) is 2.27. The summed E-state index contributed by atoms with van der Waals surface area (Å²) in [6.07, 6.45) is 3.71. The first-order chi connectivity index (χ1) is 6.85. The van der Waals surface area contributed by atoms with E-state index in [-0.39, 0.29) is 6.04 Å². The lowest BCUT2D eigenvalue weighted by Crippen LogP contribution is -2.51. The number of carbonyl (C=O) groups excluding carboxylic acids is 1. The predicted molar refractivity (Wildman–Crippen MR) is 56.7 cm³/mol. The molecular weight excluding hydrogens is 200 g/mol. The molecular formula is C10H17ClN2O. The summed E-state index contributed by atoms with van der Waals surface area (Å²) in [5.41, 5.74) is 0. The monoisotopic (exact) mass is 216 g/mol. The Hall–Kier alpha value is -0.120. The van der Waals surface area contributed by atoms with Gasteiger partial charge in [0.1, 0.15) is 6.29 Å². The van der Waals surface area contributed by atoms with Crippen molar-refractivity contribution in [3.63, 3.8) is 0 Å². The second kappa shape index (κ2) is 4.60. The summed E-state index contributed by atoms with van der Waals surface area (Å²) in [6, 6.07) is 0.779. The van der Waals surface area contributed by atoms with Crippen molar-refractivity contribution in [2.24, 2.45) is 0 Å². The zero-order valence-electron chi connectivity index (χ0n) is 8.36. The molecule has 0 bridgehead atoms. The fraction of sp³-hybridized carbons (Fsp3) is 0.900. The van der Waals surface area contributed by atoms with Crippen LogP contribution in [0.2, 0.25) is 0 Å². The third-order valence-corrected chi connectivity index (χ3v) is 3.51. The second-order valence-corrected chi connectivity index (χ2v) is 4.47. The lowest BCUT2D eigenvalue weighted by atomic mass is 10.2. The molecule has 4 heteroatoms. The van der Waals surface area contributed by atoms with Crippen molar-refractivity contribution in [1.82, 2.24) is 9.80 Å². The van der Waals surface area contributed by atoms with Crippen molar-refractivity contribution in [1.29, 1.82) is 0 Å². The van der Waals surface area contributed by atoms with E-state index in [1.807, 2.05) is 0 Å². The zero-order chi connectivity index (χ0) is 9.97. The quantitative estimate of drug-likeness (QED) is 0.507. The number of nitrogens with zero attached hydrogens (tertiary/aromatic N) is 2. The Kier molecular flexibility index (Phi) is 3.42. The van der Waals surface area contributed by atoms with E-state index in [1.54, 1.807) is 0 Å².